The van der Waals surface area contributed by atoms with Gasteiger partial charge in [0.15, 0.2) is 5.82 Å². The monoisotopic (exact) mass is 326 g/mol. The number of tetrazole rings is 1. The fraction of sp³-hybridized carbons (Fsp3) is 0.533. The molecule has 1 unspecified atom stereocenters. The predicted octanol–water partition coefficient (Wildman–Crippen LogP) is 4.28. The van der Waals surface area contributed by atoms with Gasteiger partial charge in [-0.1, -0.05) is 50.0 Å². The highest BCUT2D eigenvalue weighted by Gasteiger charge is 2.25. The first-order valence-corrected chi connectivity index (χ1v) is 7.68. The van der Waals surface area contributed by atoms with E-state index in [1.54, 1.807) is 13.1 Å². The van der Waals surface area contributed by atoms with E-state index in [1.165, 1.54) is 4.80 Å². The van der Waals surface area contributed by atoms with E-state index in [9.17, 15) is 0 Å². The number of hydrogen-bond donors (Lipinski definition) is 0. The summed E-state index contributed by atoms with van der Waals surface area (Å²) in [6.07, 6.45) is 1.73. The van der Waals surface area contributed by atoms with Gasteiger partial charge in [0.2, 0.25) is 0 Å². The smallest absolute Gasteiger partial charge is 0.167 e. The standard InChI is InChI=1S/C15H20Cl2N4/c1-15(2,3)9-11(14-18-20-21(4)19-14)7-10-5-6-12(16)8-13(10)17/h5-6,8,11H,7,9H2,1-4H3. The molecule has 1 aromatic carbocycles. The molecule has 0 aliphatic carbocycles. The Morgan fingerprint density at radius 3 is 2.48 bits per heavy atom. The second-order valence-corrected chi connectivity index (χ2v) is 7.38. The van der Waals surface area contributed by atoms with E-state index >= 15 is 0 Å². The third-order valence-corrected chi connectivity index (χ3v) is 3.82. The third kappa shape index (κ3) is 4.68. The molecule has 0 saturated heterocycles. The van der Waals surface area contributed by atoms with Gasteiger partial charge in [0.25, 0.3) is 0 Å². The van der Waals surface area contributed by atoms with Gasteiger partial charge in [-0.25, -0.2) is 0 Å². The van der Waals surface area contributed by atoms with Crippen molar-refractivity contribution in [3.8, 4) is 0 Å². The van der Waals surface area contributed by atoms with Gasteiger partial charge >= 0.3 is 0 Å². The first-order valence-electron chi connectivity index (χ1n) is 6.92. The number of benzene rings is 1. The topological polar surface area (TPSA) is 43.6 Å². The number of aryl methyl sites for hydroxylation is 1. The van der Waals surface area contributed by atoms with Gasteiger partial charge < -0.3 is 0 Å². The molecular weight excluding hydrogens is 307 g/mol. The largest absolute Gasteiger partial charge is 0.178 e. The van der Waals surface area contributed by atoms with Crippen LogP contribution in [0.2, 0.25) is 10.0 Å². The maximum absolute atomic E-state index is 6.29. The van der Waals surface area contributed by atoms with Crippen LogP contribution in [-0.2, 0) is 13.5 Å². The minimum atomic E-state index is 0.169. The number of halogens is 2. The van der Waals surface area contributed by atoms with Crippen molar-refractivity contribution in [1.29, 1.82) is 0 Å². The van der Waals surface area contributed by atoms with Crippen LogP contribution < -0.4 is 0 Å². The molecular formula is C15H20Cl2N4. The molecule has 0 bridgehead atoms. The van der Waals surface area contributed by atoms with Crippen molar-refractivity contribution >= 4 is 23.2 Å². The Morgan fingerprint density at radius 2 is 1.95 bits per heavy atom. The van der Waals surface area contributed by atoms with Gasteiger partial charge in [0, 0.05) is 16.0 Å². The molecule has 21 heavy (non-hydrogen) atoms. The average Bonchev–Trinajstić information content (AvgIpc) is 2.77. The molecule has 0 amide bonds. The Morgan fingerprint density at radius 1 is 1.24 bits per heavy atom. The normalized spacial score (nSPS) is 13.4. The quantitative estimate of drug-likeness (QED) is 0.842. The highest BCUT2D eigenvalue weighted by Crippen LogP contribution is 2.34. The molecule has 0 spiro atoms. The zero-order valence-electron chi connectivity index (χ0n) is 12.8. The van der Waals surface area contributed by atoms with Crippen LogP contribution in [0.15, 0.2) is 18.2 Å². The highest BCUT2D eigenvalue weighted by molar-refractivity contribution is 6.35. The minimum absolute atomic E-state index is 0.169. The van der Waals surface area contributed by atoms with Crippen molar-refractivity contribution in [2.24, 2.45) is 12.5 Å². The lowest BCUT2D eigenvalue weighted by Crippen LogP contribution is -2.16. The van der Waals surface area contributed by atoms with Gasteiger partial charge in [0.05, 0.1) is 7.05 Å². The lowest BCUT2D eigenvalue weighted by atomic mass is 9.81. The van der Waals surface area contributed by atoms with Crippen LogP contribution in [0.25, 0.3) is 0 Å². The molecule has 1 aromatic heterocycles. The Balaban J connectivity index is 2.27. The van der Waals surface area contributed by atoms with Crippen molar-refractivity contribution in [2.45, 2.75) is 39.5 Å². The summed E-state index contributed by atoms with van der Waals surface area (Å²) < 4.78 is 0. The third-order valence-electron chi connectivity index (χ3n) is 3.23. The SMILES string of the molecule is Cn1nnc(C(Cc2ccc(Cl)cc2Cl)CC(C)(C)C)n1. The molecule has 0 aliphatic heterocycles. The summed E-state index contributed by atoms with van der Waals surface area (Å²) in [5, 5.41) is 13.8. The Kier molecular flexibility index (Phi) is 4.89. The second kappa shape index (κ2) is 6.32. The number of aromatic nitrogens is 4. The molecule has 0 N–H and O–H groups in total. The van der Waals surface area contributed by atoms with Gasteiger partial charge in [-0.15, -0.1) is 10.2 Å². The van der Waals surface area contributed by atoms with Crippen LogP contribution in [-0.4, -0.2) is 20.2 Å². The van der Waals surface area contributed by atoms with Crippen LogP contribution in [0.4, 0.5) is 0 Å². The van der Waals surface area contributed by atoms with Crippen molar-refractivity contribution in [2.75, 3.05) is 0 Å². The van der Waals surface area contributed by atoms with Crippen molar-refractivity contribution in [3.63, 3.8) is 0 Å². The summed E-state index contributed by atoms with van der Waals surface area (Å²) in [6, 6.07) is 5.61. The molecule has 4 nitrogen and oxygen atoms in total. The van der Waals surface area contributed by atoms with Crippen LogP contribution in [0.3, 0.4) is 0 Å². The number of rotatable bonds is 4. The molecule has 1 heterocycles. The highest BCUT2D eigenvalue weighted by atomic mass is 35.5. The van der Waals surface area contributed by atoms with Crippen LogP contribution >= 0.6 is 23.2 Å². The van der Waals surface area contributed by atoms with Gasteiger partial charge in [-0.2, -0.15) is 4.80 Å². The Bertz CT molecular complexity index is 616. The molecule has 0 aliphatic rings. The van der Waals surface area contributed by atoms with Crippen LogP contribution in [0.5, 0.6) is 0 Å². The summed E-state index contributed by atoms with van der Waals surface area (Å²) in [6.45, 7) is 6.62. The molecule has 0 fully saturated rings. The second-order valence-electron chi connectivity index (χ2n) is 6.54. The summed E-state index contributed by atoms with van der Waals surface area (Å²) in [5.41, 5.74) is 1.23. The average molecular weight is 327 g/mol. The van der Waals surface area contributed by atoms with E-state index in [1.807, 2.05) is 12.1 Å². The van der Waals surface area contributed by atoms with Gasteiger partial charge in [0.1, 0.15) is 0 Å². The molecule has 1 atom stereocenters. The van der Waals surface area contributed by atoms with E-state index in [2.05, 4.69) is 36.2 Å². The van der Waals surface area contributed by atoms with E-state index < -0.39 is 0 Å². The lowest BCUT2D eigenvalue weighted by molar-refractivity contribution is 0.331. The zero-order valence-corrected chi connectivity index (χ0v) is 14.3. The summed E-state index contributed by atoms with van der Waals surface area (Å²) in [7, 11) is 1.78. The van der Waals surface area contributed by atoms with Gasteiger partial charge in [-0.05, 0) is 41.2 Å². The Hall–Kier alpha value is -1.13. The van der Waals surface area contributed by atoms with E-state index in [0.717, 1.165) is 24.2 Å². The van der Waals surface area contributed by atoms with E-state index in [0.29, 0.717) is 10.0 Å². The molecule has 6 heteroatoms. The van der Waals surface area contributed by atoms with Crippen molar-refractivity contribution in [3.05, 3.63) is 39.6 Å². The van der Waals surface area contributed by atoms with Crippen LogP contribution in [0.1, 0.15) is 44.5 Å². The Labute approximate surface area is 135 Å². The van der Waals surface area contributed by atoms with E-state index in [4.69, 9.17) is 23.2 Å². The van der Waals surface area contributed by atoms with Crippen LogP contribution in [0, 0.1) is 5.41 Å². The first-order chi connectivity index (χ1) is 9.74. The molecule has 2 aromatic rings. The van der Waals surface area contributed by atoms with E-state index in [-0.39, 0.29) is 11.3 Å². The maximum Gasteiger partial charge on any atom is 0.178 e. The lowest BCUT2D eigenvalue weighted by Gasteiger charge is -2.24. The van der Waals surface area contributed by atoms with Crippen molar-refractivity contribution < 1.29 is 0 Å². The number of hydrogen-bond acceptors (Lipinski definition) is 3. The first kappa shape index (κ1) is 16.2. The summed E-state index contributed by atoms with van der Waals surface area (Å²) in [5.74, 6) is 0.941. The predicted molar refractivity (Wildman–Crippen MR) is 85.8 cm³/mol. The number of nitrogens with zero attached hydrogens (tertiary/aromatic N) is 4. The molecule has 0 saturated carbocycles. The zero-order chi connectivity index (χ0) is 15.6. The summed E-state index contributed by atoms with van der Waals surface area (Å²) >= 11 is 12.2. The minimum Gasteiger partial charge on any atom is -0.167 e. The summed E-state index contributed by atoms with van der Waals surface area (Å²) in [4.78, 5) is 1.49. The maximum atomic E-state index is 6.29. The van der Waals surface area contributed by atoms with Gasteiger partial charge in [-0.3, -0.25) is 0 Å². The fourth-order valence-electron chi connectivity index (χ4n) is 2.41. The fourth-order valence-corrected chi connectivity index (χ4v) is 2.89. The molecule has 0 radical (unpaired) electrons. The molecule has 114 valence electrons. The molecule has 2 rings (SSSR count). The van der Waals surface area contributed by atoms with Crippen molar-refractivity contribution in [1.82, 2.24) is 20.2 Å².